The summed E-state index contributed by atoms with van der Waals surface area (Å²) in [4.78, 5) is 35.0. The van der Waals surface area contributed by atoms with Gasteiger partial charge in [0, 0.05) is 57.3 Å². The van der Waals surface area contributed by atoms with Crippen LogP contribution in [0.15, 0.2) is 111 Å². The Bertz CT molecular complexity index is 1820. The summed E-state index contributed by atoms with van der Waals surface area (Å²) in [6, 6.07) is 13.7. The smallest absolute Gasteiger partial charge is 0.488 e. The highest BCUT2D eigenvalue weighted by Gasteiger charge is 2.33. The van der Waals surface area contributed by atoms with Gasteiger partial charge in [0.05, 0.1) is 32.7 Å². The molecule has 2 N–H and O–H groups in total. The van der Waals surface area contributed by atoms with Crippen LogP contribution in [0.1, 0.15) is 104 Å². The highest BCUT2D eigenvalue weighted by atomic mass is 79.9. The molecule has 4 aromatic heterocycles. The third-order valence-electron chi connectivity index (χ3n) is 6.87. The van der Waals surface area contributed by atoms with Crippen LogP contribution in [-0.2, 0) is 39.1 Å². The van der Waals surface area contributed by atoms with Gasteiger partial charge in [0.25, 0.3) is 5.95 Å². The minimum absolute atomic E-state index is 0. The maximum Gasteiger partial charge on any atom is 0.488 e. The minimum Gasteiger partial charge on any atom is -0.619 e. The van der Waals surface area contributed by atoms with Gasteiger partial charge in [-0.05, 0) is 103 Å². The fraction of sp³-hybridized carbons (Fsp3) is 0.467. The molecule has 0 radical (unpaired) electrons. The van der Waals surface area contributed by atoms with Gasteiger partial charge in [0.15, 0.2) is 12.4 Å². The number of pyridine rings is 4. The average Bonchev–Trinajstić information content (AvgIpc) is 3.22. The van der Waals surface area contributed by atoms with E-state index in [-0.39, 0.29) is 28.2 Å². The van der Waals surface area contributed by atoms with Crippen molar-refractivity contribution in [2.45, 2.75) is 122 Å². The number of allylic oxidation sites excluding steroid dienone is 1. The van der Waals surface area contributed by atoms with Crippen molar-refractivity contribution >= 4 is 80.6 Å². The molecule has 358 valence electrons. The number of nitrogens with zero attached hydrogens (tertiary/aromatic N) is 4. The van der Waals surface area contributed by atoms with Crippen molar-refractivity contribution in [3.63, 3.8) is 0 Å². The molecule has 63 heavy (non-hydrogen) atoms. The van der Waals surface area contributed by atoms with Crippen LogP contribution in [0.25, 0.3) is 0 Å². The Morgan fingerprint density at radius 3 is 1.38 bits per heavy atom. The number of aromatic nitrogens is 4. The van der Waals surface area contributed by atoms with E-state index >= 15 is 0 Å². The second-order valence-electron chi connectivity index (χ2n) is 13.7. The predicted octanol–water partition coefficient (Wildman–Crippen LogP) is 11.1. The second kappa shape index (κ2) is 37.7. The van der Waals surface area contributed by atoms with Gasteiger partial charge in [-0.3, -0.25) is 24.5 Å². The molecule has 4 heterocycles. The highest BCUT2D eigenvalue weighted by Crippen LogP contribution is 2.25. The lowest BCUT2D eigenvalue weighted by Crippen LogP contribution is -2.35. The Morgan fingerprint density at radius 2 is 1.10 bits per heavy atom. The number of rotatable bonds is 8. The molecule has 0 bridgehead atoms. The van der Waals surface area contributed by atoms with Gasteiger partial charge in [0.2, 0.25) is 8.32 Å². The van der Waals surface area contributed by atoms with Crippen molar-refractivity contribution in [1.29, 1.82) is 0 Å². The summed E-state index contributed by atoms with van der Waals surface area (Å²) in [5.41, 5.74) is 0.888. The summed E-state index contributed by atoms with van der Waals surface area (Å²) < 4.78 is 29.9. The molecule has 0 aromatic carbocycles. The molecule has 18 heteroatoms. The van der Waals surface area contributed by atoms with E-state index in [0.717, 1.165) is 23.7 Å². The first-order valence-corrected chi connectivity index (χ1v) is 24.3. The van der Waals surface area contributed by atoms with Crippen molar-refractivity contribution in [1.82, 2.24) is 15.0 Å². The van der Waals surface area contributed by atoms with E-state index in [1.54, 1.807) is 72.5 Å². The zero-order valence-corrected chi connectivity index (χ0v) is 43.3. The summed E-state index contributed by atoms with van der Waals surface area (Å²) in [5, 5.41) is 28.4. The average molecular weight is 1100 g/mol. The van der Waals surface area contributed by atoms with Crippen LogP contribution in [0.3, 0.4) is 0 Å². The lowest BCUT2D eigenvalue weighted by molar-refractivity contribution is -0.605. The van der Waals surface area contributed by atoms with Crippen LogP contribution in [0, 0.1) is 5.21 Å². The lowest BCUT2D eigenvalue weighted by Gasteiger charge is -2.21. The van der Waals surface area contributed by atoms with Gasteiger partial charge in [-0.25, -0.2) is 0 Å². The molecule has 0 saturated carbocycles. The van der Waals surface area contributed by atoms with Crippen molar-refractivity contribution in [2.75, 3.05) is 21.3 Å². The quantitative estimate of drug-likeness (QED) is 0.0562. The molecule has 0 aliphatic heterocycles. The molecular weight excluding hydrogens is 1020 g/mol. The first-order chi connectivity index (χ1) is 28.3. The highest BCUT2D eigenvalue weighted by molar-refractivity contribution is 9.11. The predicted molar refractivity (Wildman–Crippen MR) is 274 cm³/mol. The molecule has 0 spiro atoms. The zero-order valence-electron chi connectivity index (χ0n) is 38.5. The number of carbonyl (C=O) groups is 2. The van der Waals surface area contributed by atoms with Gasteiger partial charge in [-0.2, -0.15) is 4.73 Å². The van der Waals surface area contributed by atoms with Crippen molar-refractivity contribution < 1.29 is 44.4 Å². The van der Waals surface area contributed by atoms with Crippen molar-refractivity contribution in [3.05, 3.63) is 127 Å². The molecule has 0 aliphatic rings. The van der Waals surface area contributed by atoms with Crippen LogP contribution in [0.4, 0.5) is 0 Å². The number of ether oxygens (including phenoxy) is 3. The second-order valence-corrected chi connectivity index (χ2v) is 20.9. The maximum atomic E-state index is 11.5. The van der Waals surface area contributed by atoms with Gasteiger partial charge >= 0.3 is 19.1 Å². The lowest BCUT2D eigenvalue weighted by atomic mass is 9.78. The molecule has 0 unspecified atom stereocenters. The summed E-state index contributed by atoms with van der Waals surface area (Å²) in [5.74, 6) is -0.0307. The molecular formula is C45H76BBr3N4O9Si. The van der Waals surface area contributed by atoms with Gasteiger partial charge in [-0.1, -0.05) is 97.7 Å². The standard InChI is InChI=1S/C10H14BNO4.C10H12BrNO2.C8H18O2Si.C5H4BrNO.C5H4BrN.2C2H6.3CH4/c1-10(2,9(13)16-3)8-6-7(11(14)15)4-5-12-8;1-10(2,9(13)14-3)8-6-7(11)4-5-12-8;1-7(2)8(9-3)10-11(4,5)6;6-5-1-3-7(8)4-2-5;6-5-1-3-7-4-2-5;2*1-2;;;/h4-6,14-15H,1-3H3;4-6H,1-3H3;1-6H3;1-4H;1-4H;2*1-2H3;3*1H4/i;;;;;1D;;;;. The van der Waals surface area contributed by atoms with Gasteiger partial charge in [-0.15, -0.1) is 0 Å². The Hall–Kier alpha value is -3.68. The number of esters is 2. The van der Waals surface area contributed by atoms with Crippen LogP contribution in [-0.4, -0.2) is 73.7 Å². The summed E-state index contributed by atoms with van der Waals surface area (Å²) >= 11 is 9.80. The molecule has 0 aliphatic carbocycles. The Kier molecular flexibility index (Phi) is 40.9. The van der Waals surface area contributed by atoms with E-state index in [0.29, 0.717) is 29.7 Å². The number of hydrogen-bond acceptors (Lipinski definition) is 12. The third kappa shape index (κ3) is 30.9. The van der Waals surface area contributed by atoms with E-state index in [4.69, 9.17) is 25.3 Å². The first kappa shape index (κ1) is 68.4. The topological polar surface area (TPSA) is 177 Å². The van der Waals surface area contributed by atoms with E-state index in [1.807, 2.05) is 52.0 Å². The third-order valence-corrected chi connectivity index (χ3v) is 9.22. The first-order valence-electron chi connectivity index (χ1n) is 19.3. The van der Waals surface area contributed by atoms with Crippen molar-refractivity contribution in [3.8, 4) is 0 Å². The number of halogens is 3. The SMILES string of the molecule is Brc1ccncc1.C.C.C.CC.COC(=O)C(C)(C)c1cc(B(O)O)ccn1.COC(=O)C(C)(C)c1cc(Br)ccn1.COC(O[Si](C)(C)C)=C(C)C.[2H]CC.[O-][n+]1ccc(Br)cc1. The fourth-order valence-corrected chi connectivity index (χ4v) is 5.42. The summed E-state index contributed by atoms with van der Waals surface area (Å²) in [6.07, 6.45) is 9.43. The molecule has 0 amide bonds. The van der Waals surface area contributed by atoms with Crippen LogP contribution in [0.2, 0.25) is 19.6 Å². The van der Waals surface area contributed by atoms with E-state index in [1.165, 1.54) is 44.9 Å². The Labute approximate surface area is 408 Å². The van der Waals surface area contributed by atoms with Gasteiger partial charge in [0.1, 0.15) is 10.8 Å². The van der Waals surface area contributed by atoms with E-state index < -0.39 is 32.2 Å². The summed E-state index contributed by atoms with van der Waals surface area (Å²) in [6.45, 7) is 23.6. The van der Waals surface area contributed by atoms with Gasteiger partial charge < -0.3 is 33.9 Å². The van der Waals surface area contributed by atoms with E-state index in [9.17, 15) is 14.8 Å². The van der Waals surface area contributed by atoms with Crippen LogP contribution >= 0.6 is 47.8 Å². The molecule has 4 rings (SSSR count). The zero-order chi connectivity index (χ0) is 48.0. The minimum atomic E-state index is -1.57. The van der Waals surface area contributed by atoms with Crippen LogP contribution in [0.5, 0.6) is 0 Å². The number of methoxy groups -OCH3 is 3. The van der Waals surface area contributed by atoms with Crippen LogP contribution < -0.4 is 10.2 Å². The molecule has 0 atom stereocenters. The van der Waals surface area contributed by atoms with E-state index in [2.05, 4.69) is 87.1 Å². The summed E-state index contributed by atoms with van der Waals surface area (Å²) in [7, 11) is 1.26. The Balaban J connectivity index is -0.000000162. The fourth-order valence-electron chi connectivity index (χ4n) is 3.77. The normalized spacial score (nSPS) is 9.68. The molecule has 0 fully saturated rings. The van der Waals surface area contributed by atoms with Crippen molar-refractivity contribution in [2.24, 2.45) is 0 Å². The largest absolute Gasteiger partial charge is 0.619 e. The monoisotopic (exact) mass is 1090 g/mol. The number of carbonyl (C=O) groups excluding carboxylic acids is 2. The molecule has 13 nitrogen and oxygen atoms in total. The molecule has 0 saturated heterocycles. The molecule has 4 aromatic rings. The maximum absolute atomic E-state index is 11.5. The number of hydrogen-bond donors (Lipinski definition) is 2. The Morgan fingerprint density at radius 1 is 0.714 bits per heavy atom.